The molecular formula is C21H24N2O4. The van der Waals surface area contributed by atoms with Gasteiger partial charge in [0, 0.05) is 25.0 Å². The van der Waals surface area contributed by atoms with Crippen molar-refractivity contribution in [3.63, 3.8) is 0 Å². The Morgan fingerprint density at radius 2 is 1.81 bits per heavy atom. The highest BCUT2D eigenvalue weighted by Crippen LogP contribution is 2.21. The summed E-state index contributed by atoms with van der Waals surface area (Å²) in [6.45, 7) is 5.43. The largest absolute Gasteiger partial charge is 0.482 e. The first-order chi connectivity index (χ1) is 13.2. The Balaban J connectivity index is 1.53. The average molecular weight is 368 g/mol. The van der Waals surface area contributed by atoms with Gasteiger partial charge in [-0.2, -0.15) is 0 Å². The lowest BCUT2D eigenvalue weighted by atomic mass is 10.2. The predicted molar refractivity (Wildman–Crippen MR) is 105 cm³/mol. The Bertz CT molecular complexity index is 751. The van der Waals surface area contributed by atoms with Crippen molar-refractivity contribution < 1.29 is 19.0 Å². The van der Waals surface area contributed by atoms with Gasteiger partial charge in [-0.15, -0.1) is 0 Å². The highest BCUT2D eigenvalue weighted by molar-refractivity contribution is 5.82. The van der Waals surface area contributed by atoms with Crippen molar-refractivity contribution in [2.24, 2.45) is 4.99 Å². The zero-order valence-corrected chi connectivity index (χ0v) is 15.5. The Hall–Kier alpha value is -2.86. The molecule has 1 saturated heterocycles. The lowest BCUT2D eigenvalue weighted by Gasteiger charge is -2.28. The van der Waals surface area contributed by atoms with E-state index in [2.05, 4.69) is 22.0 Å². The Kier molecular flexibility index (Phi) is 6.82. The first kappa shape index (κ1) is 18.9. The van der Waals surface area contributed by atoms with Crippen LogP contribution in [0.3, 0.4) is 0 Å². The molecule has 1 heterocycles. The van der Waals surface area contributed by atoms with Crippen LogP contribution < -0.4 is 9.64 Å². The fourth-order valence-electron chi connectivity index (χ4n) is 2.72. The first-order valence-electron chi connectivity index (χ1n) is 9.10. The van der Waals surface area contributed by atoms with Gasteiger partial charge in [-0.25, -0.2) is 4.79 Å². The fourth-order valence-corrected chi connectivity index (χ4v) is 2.72. The molecule has 1 fully saturated rings. The van der Waals surface area contributed by atoms with Gasteiger partial charge in [0.1, 0.15) is 5.75 Å². The van der Waals surface area contributed by atoms with E-state index in [0.29, 0.717) is 12.4 Å². The highest BCUT2D eigenvalue weighted by Gasteiger charge is 2.10. The third-order valence-corrected chi connectivity index (χ3v) is 4.13. The van der Waals surface area contributed by atoms with Crippen LogP contribution in [0.1, 0.15) is 12.5 Å². The van der Waals surface area contributed by atoms with Crippen molar-refractivity contribution in [2.45, 2.75) is 6.92 Å². The molecule has 0 amide bonds. The second-order valence-corrected chi connectivity index (χ2v) is 6.04. The van der Waals surface area contributed by atoms with E-state index in [1.807, 2.05) is 36.4 Å². The number of carbonyl (C=O) groups is 1. The van der Waals surface area contributed by atoms with Crippen LogP contribution in [-0.2, 0) is 14.3 Å². The van der Waals surface area contributed by atoms with Crippen molar-refractivity contribution in [1.82, 2.24) is 0 Å². The fraction of sp³-hybridized carbons (Fsp3) is 0.333. The number of ether oxygens (including phenoxy) is 3. The molecule has 2 aromatic rings. The number of morpholine rings is 1. The maximum atomic E-state index is 11.3. The molecule has 2 aromatic carbocycles. The summed E-state index contributed by atoms with van der Waals surface area (Å²) in [5.41, 5.74) is 3.05. The molecule has 6 heteroatoms. The maximum Gasteiger partial charge on any atom is 0.344 e. The number of rotatable bonds is 7. The van der Waals surface area contributed by atoms with Gasteiger partial charge in [-0.1, -0.05) is 0 Å². The Labute approximate surface area is 159 Å². The molecule has 0 aliphatic carbocycles. The number of hydrogen-bond donors (Lipinski definition) is 0. The quantitative estimate of drug-likeness (QED) is 0.555. The summed E-state index contributed by atoms with van der Waals surface area (Å²) in [6, 6.07) is 15.6. The molecule has 0 bridgehead atoms. The van der Waals surface area contributed by atoms with Crippen LogP contribution in [0.15, 0.2) is 53.5 Å². The number of esters is 1. The molecule has 0 atom stereocenters. The number of nitrogens with zero attached hydrogens (tertiary/aromatic N) is 2. The molecule has 1 aliphatic heterocycles. The molecule has 1 aliphatic rings. The van der Waals surface area contributed by atoms with Gasteiger partial charge in [0.05, 0.1) is 25.5 Å². The minimum absolute atomic E-state index is 0.0865. The average Bonchev–Trinajstić information content (AvgIpc) is 2.73. The van der Waals surface area contributed by atoms with Crippen LogP contribution in [0.25, 0.3) is 0 Å². The van der Waals surface area contributed by atoms with Crippen molar-refractivity contribution in [1.29, 1.82) is 0 Å². The molecule has 0 radical (unpaired) electrons. The highest BCUT2D eigenvalue weighted by atomic mass is 16.6. The predicted octanol–water partition coefficient (Wildman–Crippen LogP) is 3.22. The second-order valence-electron chi connectivity index (χ2n) is 6.04. The summed E-state index contributed by atoms with van der Waals surface area (Å²) in [4.78, 5) is 18.1. The molecule has 0 spiro atoms. The van der Waals surface area contributed by atoms with E-state index < -0.39 is 0 Å². The van der Waals surface area contributed by atoms with Crippen molar-refractivity contribution >= 4 is 23.6 Å². The second kappa shape index (κ2) is 9.73. The van der Waals surface area contributed by atoms with Crippen LogP contribution in [0, 0.1) is 0 Å². The van der Waals surface area contributed by atoms with Crippen LogP contribution in [-0.4, -0.2) is 51.7 Å². The zero-order valence-electron chi connectivity index (χ0n) is 15.5. The van der Waals surface area contributed by atoms with Crippen LogP contribution in [0.5, 0.6) is 5.75 Å². The normalized spacial score (nSPS) is 14.3. The van der Waals surface area contributed by atoms with E-state index in [4.69, 9.17) is 14.2 Å². The summed E-state index contributed by atoms with van der Waals surface area (Å²) in [6.07, 6.45) is 1.80. The third-order valence-electron chi connectivity index (χ3n) is 4.13. The molecule has 6 nitrogen and oxygen atoms in total. The van der Waals surface area contributed by atoms with E-state index in [-0.39, 0.29) is 12.6 Å². The van der Waals surface area contributed by atoms with Gasteiger partial charge in [0.15, 0.2) is 6.61 Å². The SMILES string of the molecule is CCOC(=O)COc1ccc(C=Nc2ccc(N3CCOCC3)cc2)cc1. The summed E-state index contributed by atoms with van der Waals surface area (Å²) < 4.78 is 15.6. The lowest BCUT2D eigenvalue weighted by Crippen LogP contribution is -2.36. The topological polar surface area (TPSA) is 60.4 Å². The Morgan fingerprint density at radius 1 is 1.11 bits per heavy atom. The number of aliphatic imine (C=N–C) groups is 1. The standard InChI is InChI=1S/C21H24N2O4/c1-2-26-21(24)16-27-20-9-3-17(4-10-20)15-22-18-5-7-19(8-6-18)23-11-13-25-14-12-23/h3-10,15H,2,11-14,16H2,1H3. The monoisotopic (exact) mass is 368 g/mol. The minimum Gasteiger partial charge on any atom is -0.482 e. The van der Waals surface area contributed by atoms with Gasteiger partial charge < -0.3 is 19.1 Å². The molecular weight excluding hydrogens is 344 g/mol. The maximum absolute atomic E-state index is 11.3. The summed E-state index contributed by atoms with van der Waals surface area (Å²) in [5, 5.41) is 0. The van der Waals surface area contributed by atoms with E-state index in [9.17, 15) is 4.79 Å². The number of benzene rings is 2. The number of hydrogen-bond acceptors (Lipinski definition) is 6. The van der Waals surface area contributed by atoms with Gasteiger partial charge >= 0.3 is 5.97 Å². The third kappa shape index (κ3) is 5.82. The molecule has 27 heavy (non-hydrogen) atoms. The smallest absolute Gasteiger partial charge is 0.344 e. The first-order valence-corrected chi connectivity index (χ1v) is 9.10. The van der Waals surface area contributed by atoms with Crippen molar-refractivity contribution in [2.75, 3.05) is 44.4 Å². The van der Waals surface area contributed by atoms with Crippen LogP contribution >= 0.6 is 0 Å². The van der Waals surface area contributed by atoms with Gasteiger partial charge in [0.2, 0.25) is 0 Å². The number of carbonyl (C=O) groups excluding carboxylic acids is 1. The summed E-state index contributed by atoms with van der Waals surface area (Å²) >= 11 is 0. The molecule has 142 valence electrons. The van der Waals surface area contributed by atoms with Gasteiger partial charge in [-0.05, 0) is 61.0 Å². The zero-order chi connectivity index (χ0) is 18.9. The van der Waals surface area contributed by atoms with Gasteiger partial charge in [-0.3, -0.25) is 4.99 Å². The molecule has 0 saturated carbocycles. The molecule has 0 aromatic heterocycles. The lowest BCUT2D eigenvalue weighted by molar-refractivity contribution is -0.145. The van der Waals surface area contributed by atoms with Crippen molar-refractivity contribution in [3.8, 4) is 5.75 Å². The molecule has 0 unspecified atom stereocenters. The molecule has 0 N–H and O–H groups in total. The summed E-state index contributed by atoms with van der Waals surface area (Å²) in [5.74, 6) is 0.249. The Morgan fingerprint density at radius 3 is 2.48 bits per heavy atom. The van der Waals surface area contributed by atoms with E-state index in [0.717, 1.165) is 37.6 Å². The van der Waals surface area contributed by atoms with E-state index in [1.54, 1.807) is 13.1 Å². The van der Waals surface area contributed by atoms with E-state index in [1.165, 1.54) is 5.69 Å². The van der Waals surface area contributed by atoms with E-state index >= 15 is 0 Å². The molecule has 3 rings (SSSR count). The minimum atomic E-state index is -0.372. The van der Waals surface area contributed by atoms with Crippen LogP contribution in [0.4, 0.5) is 11.4 Å². The number of anilines is 1. The van der Waals surface area contributed by atoms with Gasteiger partial charge in [0.25, 0.3) is 0 Å². The summed E-state index contributed by atoms with van der Waals surface area (Å²) in [7, 11) is 0. The van der Waals surface area contributed by atoms with Crippen LogP contribution in [0.2, 0.25) is 0 Å². The van der Waals surface area contributed by atoms with Crippen molar-refractivity contribution in [3.05, 3.63) is 54.1 Å².